The first-order chi connectivity index (χ1) is 13.5. The van der Waals surface area contributed by atoms with Crippen molar-refractivity contribution in [2.45, 2.75) is 50.0 Å². The highest BCUT2D eigenvalue weighted by atomic mass is 32.2. The van der Waals surface area contributed by atoms with Crippen molar-refractivity contribution in [2.24, 2.45) is 0 Å². The first kappa shape index (κ1) is 20.6. The highest BCUT2D eigenvalue weighted by Crippen LogP contribution is 2.18. The molecule has 28 heavy (non-hydrogen) atoms. The van der Waals surface area contributed by atoms with Crippen LogP contribution < -0.4 is 4.72 Å². The standard InChI is InChI=1S/C22H28N2O3S/c1-18(20-8-4-2-5-9-20)23-28(26,27)21-13-10-19(11-14-21)12-15-22(25)24-16-6-3-7-17-24/h2,4-5,8-11,13-14,18,23H,3,6-7,12,15-17H2,1H3/t18-/m1/s1. The number of hydrogen-bond acceptors (Lipinski definition) is 3. The summed E-state index contributed by atoms with van der Waals surface area (Å²) < 4.78 is 28.0. The van der Waals surface area contributed by atoms with Crippen LogP contribution in [0.4, 0.5) is 0 Å². The van der Waals surface area contributed by atoms with E-state index in [1.807, 2.05) is 42.2 Å². The Labute approximate surface area is 167 Å². The van der Waals surface area contributed by atoms with E-state index in [-0.39, 0.29) is 16.8 Å². The molecule has 2 aromatic carbocycles. The summed E-state index contributed by atoms with van der Waals surface area (Å²) in [6, 6.07) is 16.0. The van der Waals surface area contributed by atoms with Gasteiger partial charge >= 0.3 is 0 Å². The van der Waals surface area contributed by atoms with Gasteiger partial charge in [-0.1, -0.05) is 42.5 Å². The number of sulfonamides is 1. The van der Waals surface area contributed by atoms with Crippen LogP contribution in [0.2, 0.25) is 0 Å². The Morgan fingerprint density at radius 1 is 1.00 bits per heavy atom. The highest BCUT2D eigenvalue weighted by molar-refractivity contribution is 7.89. The Bertz CT molecular complexity index is 874. The second-order valence-electron chi connectivity index (χ2n) is 7.34. The van der Waals surface area contributed by atoms with Crippen molar-refractivity contribution in [1.29, 1.82) is 0 Å². The molecule has 1 amide bonds. The van der Waals surface area contributed by atoms with Crippen LogP contribution in [0, 0.1) is 0 Å². The van der Waals surface area contributed by atoms with Crippen molar-refractivity contribution in [2.75, 3.05) is 13.1 Å². The van der Waals surface area contributed by atoms with Gasteiger partial charge in [-0.3, -0.25) is 4.79 Å². The van der Waals surface area contributed by atoms with Gasteiger partial charge in [-0.2, -0.15) is 0 Å². The summed E-state index contributed by atoms with van der Waals surface area (Å²) in [6.45, 7) is 3.55. The van der Waals surface area contributed by atoms with Gasteiger partial charge in [0, 0.05) is 25.6 Å². The number of nitrogens with zero attached hydrogens (tertiary/aromatic N) is 1. The summed E-state index contributed by atoms with van der Waals surface area (Å²) in [4.78, 5) is 14.5. The predicted molar refractivity (Wildman–Crippen MR) is 110 cm³/mol. The lowest BCUT2D eigenvalue weighted by Crippen LogP contribution is -2.35. The summed E-state index contributed by atoms with van der Waals surface area (Å²) in [5.41, 5.74) is 1.89. The van der Waals surface area contributed by atoms with E-state index >= 15 is 0 Å². The molecule has 6 heteroatoms. The van der Waals surface area contributed by atoms with Gasteiger partial charge in [0.25, 0.3) is 0 Å². The highest BCUT2D eigenvalue weighted by Gasteiger charge is 2.19. The van der Waals surface area contributed by atoms with Crippen LogP contribution in [0.3, 0.4) is 0 Å². The molecule has 0 aliphatic carbocycles. The van der Waals surface area contributed by atoms with E-state index in [0.29, 0.717) is 12.8 Å². The average molecular weight is 401 g/mol. The number of carbonyl (C=O) groups is 1. The molecule has 1 N–H and O–H groups in total. The van der Waals surface area contributed by atoms with Crippen LogP contribution >= 0.6 is 0 Å². The van der Waals surface area contributed by atoms with Crippen LogP contribution in [-0.2, 0) is 21.2 Å². The van der Waals surface area contributed by atoms with E-state index in [4.69, 9.17) is 0 Å². The molecule has 1 aliphatic heterocycles. The number of nitrogens with one attached hydrogen (secondary N) is 1. The summed E-state index contributed by atoms with van der Waals surface area (Å²) in [5, 5.41) is 0. The number of carbonyl (C=O) groups excluding carboxylic acids is 1. The molecule has 150 valence electrons. The largest absolute Gasteiger partial charge is 0.343 e. The number of amides is 1. The fourth-order valence-electron chi connectivity index (χ4n) is 3.50. The van der Waals surface area contributed by atoms with Gasteiger partial charge in [-0.25, -0.2) is 13.1 Å². The van der Waals surface area contributed by atoms with Crippen molar-refractivity contribution in [3.63, 3.8) is 0 Å². The van der Waals surface area contributed by atoms with Crippen LogP contribution in [0.5, 0.6) is 0 Å². The minimum Gasteiger partial charge on any atom is -0.343 e. The first-order valence-electron chi connectivity index (χ1n) is 9.90. The molecule has 0 spiro atoms. The van der Waals surface area contributed by atoms with Gasteiger partial charge < -0.3 is 4.90 Å². The second kappa shape index (κ2) is 9.34. The third-order valence-electron chi connectivity index (χ3n) is 5.20. The predicted octanol–water partition coefficient (Wildman–Crippen LogP) is 3.67. The lowest BCUT2D eigenvalue weighted by molar-refractivity contribution is -0.132. The SMILES string of the molecule is C[C@@H](NS(=O)(=O)c1ccc(CCC(=O)N2CCCCC2)cc1)c1ccccc1. The van der Waals surface area contributed by atoms with E-state index in [1.165, 1.54) is 6.42 Å². The molecule has 1 atom stereocenters. The number of likely N-dealkylation sites (tertiary alicyclic amines) is 1. The second-order valence-corrected chi connectivity index (χ2v) is 9.05. The van der Waals surface area contributed by atoms with Crippen molar-refractivity contribution in [3.05, 3.63) is 65.7 Å². The lowest BCUT2D eigenvalue weighted by atomic mass is 10.1. The van der Waals surface area contributed by atoms with Crippen LogP contribution in [0.15, 0.2) is 59.5 Å². The zero-order valence-corrected chi connectivity index (χ0v) is 17.1. The summed E-state index contributed by atoms with van der Waals surface area (Å²) in [5.74, 6) is 0.190. The maximum Gasteiger partial charge on any atom is 0.241 e. The van der Waals surface area contributed by atoms with Gasteiger partial charge in [-0.15, -0.1) is 0 Å². The smallest absolute Gasteiger partial charge is 0.241 e. The monoisotopic (exact) mass is 400 g/mol. The van der Waals surface area contributed by atoms with Gasteiger partial charge in [0.2, 0.25) is 15.9 Å². The fourth-order valence-corrected chi connectivity index (χ4v) is 4.73. The molecular weight excluding hydrogens is 372 g/mol. The number of piperidine rings is 1. The van der Waals surface area contributed by atoms with Gasteiger partial charge in [0.1, 0.15) is 0 Å². The molecule has 0 bridgehead atoms. The third kappa shape index (κ3) is 5.42. The third-order valence-corrected chi connectivity index (χ3v) is 6.76. The van der Waals surface area contributed by atoms with E-state index in [1.54, 1.807) is 24.3 Å². The lowest BCUT2D eigenvalue weighted by Gasteiger charge is -2.26. The van der Waals surface area contributed by atoms with E-state index < -0.39 is 10.0 Å². The van der Waals surface area contributed by atoms with Gasteiger partial charge in [0.15, 0.2) is 0 Å². The Balaban J connectivity index is 1.57. The molecule has 1 saturated heterocycles. The van der Waals surface area contributed by atoms with Crippen molar-refractivity contribution in [1.82, 2.24) is 9.62 Å². The number of hydrogen-bond donors (Lipinski definition) is 1. The molecule has 1 heterocycles. The molecule has 3 rings (SSSR count). The van der Waals surface area contributed by atoms with E-state index in [9.17, 15) is 13.2 Å². The molecule has 1 aliphatic rings. The summed E-state index contributed by atoms with van der Waals surface area (Å²) >= 11 is 0. The van der Waals surface area contributed by atoms with Crippen LogP contribution in [-0.4, -0.2) is 32.3 Å². The van der Waals surface area contributed by atoms with E-state index in [2.05, 4.69) is 4.72 Å². The Kier molecular flexibility index (Phi) is 6.86. The molecule has 0 saturated carbocycles. The average Bonchev–Trinajstić information content (AvgIpc) is 2.73. The van der Waals surface area contributed by atoms with Gasteiger partial charge in [-0.05, 0) is 55.9 Å². The van der Waals surface area contributed by atoms with Crippen molar-refractivity contribution in [3.8, 4) is 0 Å². The number of rotatable bonds is 7. The zero-order chi connectivity index (χ0) is 20.0. The molecule has 0 radical (unpaired) electrons. The molecule has 5 nitrogen and oxygen atoms in total. The minimum absolute atomic E-state index is 0.190. The maximum absolute atomic E-state index is 12.6. The fraction of sp³-hybridized carbons (Fsp3) is 0.409. The normalized spacial score (nSPS) is 16.0. The Hall–Kier alpha value is -2.18. The van der Waals surface area contributed by atoms with Crippen LogP contribution in [0.1, 0.15) is 49.8 Å². The minimum atomic E-state index is -3.60. The van der Waals surface area contributed by atoms with Gasteiger partial charge in [0.05, 0.1) is 4.90 Å². The molecule has 0 aromatic heterocycles. The Morgan fingerprint density at radius 2 is 1.64 bits per heavy atom. The quantitative estimate of drug-likeness (QED) is 0.771. The summed E-state index contributed by atoms with van der Waals surface area (Å²) in [6.07, 6.45) is 4.48. The topological polar surface area (TPSA) is 66.5 Å². The first-order valence-corrected chi connectivity index (χ1v) is 11.4. The van der Waals surface area contributed by atoms with Crippen LogP contribution in [0.25, 0.3) is 0 Å². The maximum atomic E-state index is 12.6. The number of benzene rings is 2. The zero-order valence-electron chi connectivity index (χ0n) is 16.3. The van der Waals surface area contributed by atoms with Crippen molar-refractivity contribution >= 4 is 15.9 Å². The molecule has 0 unspecified atom stereocenters. The number of aryl methyl sites for hydroxylation is 1. The van der Waals surface area contributed by atoms with E-state index in [0.717, 1.165) is 37.1 Å². The molecule has 2 aromatic rings. The molecule has 1 fully saturated rings. The Morgan fingerprint density at radius 3 is 2.29 bits per heavy atom. The van der Waals surface area contributed by atoms with Crippen molar-refractivity contribution < 1.29 is 13.2 Å². The summed E-state index contributed by atoms with van der Waals surface area (Å²) in [7, 11) is -3.60. The molecular formula is C22H28N2O3S.